The summed E-state index contributed by atoms with van der Waals surface area (Å²) in [6, 6.07) is 5.22. The number of fused-ring (bicyclic) bond motifs is 1. The van der Waals surface area contributed by atoms with E-state index in [9.17, 15) is 9.59 Å². The number of nitrogens with zero attached hydrogens (tertiary/aromatic N) is 2. The maximum Gasteiger partial charge on any atom is 0.410 e. The van der Waals surface area contributed by atoms with Crippen LogP contribution in [0.15, 0.2) is 18.2 Å². The molecule has 3 N–H and O–H groups in total. The third-order valence-electron chi connectivity index (χ3n) is 3.52. The number of rotatable bonds is 6. The number of ketones is 1. The molecule has 0 spiro atoms. The monoisotopic (exact) mass is 346 g/mol. The van der Waals surface area contributed by atoms with Crippen LogP contribution in [0, 0.1) is 0 Å². The number of nitrogens with two attached hydrogens (primary N) is 1. The van der Waals surface area contributed by atoms with Gasteiger partial charge < -0.3 is 20.4 Å². The topological polar surface area (TPSA) is 101 Å². The lowest BCUT2D eigenvalue weighted by Gasteiger charge is -2.26. The van der Waals surface area contributed by atoms with Gasteiger partial charge in [0.05, 0.1) is 24.1 Å². The number of Topliss-reactive ketones (excluding diaryl/α,β-unsaturated/α-hetero) is 1. The molecular weight excluding hydrogens is 320 g/mol. The molecular formula is C18H26N4O3. The second-order valence-corrected chi connectivity index (χ2v) is 6.94. The van der Waals surface area contributed by atoms with Crippen LogP contribution in [0.25, 0.3) is 11.0 Å². The predicted octanol–water partition coefficient (Wildman–Crippen LogP) is 2.85. The van der Waals surface area contributed by atoms with E-state index in [-0.39, 0.29) is 18.4 Å². The minimum absolute atomic E-state index is 0.0323. The summed E-state index contributed by atoms with van der Waals surface area (Å²) in [5.74, 6) is 0.520. The Morgan fingerprint density at radius 1 is 1.32 bits per heavy atom. The summed E-state index contributed by atoms with van der Waals surface area (Å²) in [4.78, 5) is 33.4. The van der Waals surface area contributed by atoms with Gasteiger partial charge in [0.1, 0.15) is 11.4 Å². The molecule has 7 nitrogen and oxygen atoms in total. The summed E-state index contributed by atoms with van der Waals surface area (Å²) in [5, 5.41) is 0. The Morgan fingerprint density at radius 2 is 2.04 bits per heavy atom. The molecule has 0 bridgehead atoms. The van der Waals surface area contributed by atoms with Crippen molar-refractivity contribution in [3.05, 3.63) is 29.6 Å². The van der Waals surface area contributed by atoms with E-state index in [0.717, 1.165) is 17.5 Å². The van der Waals surface area contributed by atoms with E-state index in [1.54, 1.807) is 23.1 Å². The maximum atomic E-state index is 12.4. The first-order chi connectivity index (χ1) is 11.7. The van der Waals surface area contributed by atoms with Crippen LogP contribution in [-0.2, 0) is 11.3 Å². The Balaban J connectivity index is 2.21. The number of ether oxygens (including phenoxy) is 1. The Bertz CT molecular complexity index is 761. The van der Waals surface area contributed by atoms with Crippen molar-refractivity contribution in [3.8, 4) is 0 Å². The van der Waals surface area contributed by atoms with Gasteiger partial charge in [0.15, 0.2) is 5.78 Å². The largest absolute Gasteiger partial charge is 0.444 e. The Morgan fingerprint density at radius 3 is 2.64 bits per heavy atom. The van der Waals surface area contributed by atoms with Gasteiger partial charge in [0.2, 0.25) is 0 Å². The second kappa shape index (κ2) is 7.65. The van der Waals surface area contributed by atoms with Crippen LogP contribution in [-0.4, -0.2) is 45.4 Å². The van der Waals surface area contributed by atoms with Gasteiger partial charge in [-0.2, -0.15) is 0 Å². The third kappa shape index (κ3) is 5.03. The number of carbonyl (C=O) groups excluding carboxylic acids is 2. The predicted molar refractivity (Wildman–Crippen MR) is 96.4 cm³/mol. The first-order valence-electron chi connectivity index (χ1n) is 8.43. The number of aromatic amines is 1. The van der Waals surface area contributed by atoms with Crippen LogP contribution in [0.4, 0.5) is 4.79 Å². The van der Waals surface area contributed by atoms with E-state index >= 15 is 0 Å². The van der Waals surface area contributed by atoms with Crippen LogP contribution in [0.3, 0.4) is 0 Å². The number of amides is 1. The molecule has 0 aliphatic rings. The molecule has 2 aromatic rings. The van der Waals surface area contributed by atoms with E-state index in [1.807, 2.05) is 27.7 Å². The molecule has 7 heteroatoms. The number of hydrogen-bond donors (Lipinski definition) is 2. The summed E-state index contributed by atoms with van der Waals surface area (Å²) in [5.41, 5.74) is 6.89. The lowest BCUT2D eigenvalue weighted by Crippen LogP contribution is -2.37. The minimum atomic E-state index is -0.547. The highest BCUT2D eigenvalue weighted by Crippen LogP contribution is 2.17. The van der Waals surface area contributed by atoms with Crippen molar-refractivity contribution >= 4 is 22.9 Å². The van der Waals surface area contributed by atoms with Crippen molar-refractivity contribution < 1.29 is 14.3 Å². The van der Waals surface area contributed by atoms with Gasteiger partial charge in [-0.05, 0) is 45.4 Å². The van der Waals surface area contributed by atoms with Gasteiger partial charge in [-0.25, -0.2) is 9.78 Å². The number of benzene rings is 1. The van der Waals surface area contributed by atoms with Gasteiger partial charge >= 0.3 is 6.09 Å². The third-order valence-corrected chi connectivity index (χ3v) is 3.52. The minimum Gasteiger partial charge on any atom is -0.444 e. The fourth-order valence-electron chi connectivity index (χ4n) is 2.44. The molecule has 1 aromatic carbocycles. The zero-order valence-corrected chi connectivity index (χ0v) is 15.3. The highest BCUT2D eigenvalue weighted by atomic mass is 16.6. The molecule has 0 atom stereocenters. The SMILES string of the molecule is CCCN(Cc1nc2ccc(C(=O)CN)cc2[nH]1)C(=O)OC(C)(C)C. The number of nitrogens with one attached hydrogen (secondary N) is 1. The average Bonchev–Trinajstić information content (AvgIpc) is 2.93. The summed E-state index contributed by atoms with van der Waals surface area (Å²) in [6.45, 7) is 8.38. The first kappa shape index (κ1) is 18.9. The highest BCUT2D eigenvalue weighted by Gasteiger charge is 2.22. The molecule has 0 radical (unpaired) electrons. The van der Waals surface area contributed by atoms with Crippen molar-refractivity contribution in [3.63, 3.8) is 0 Å². The number of aromatic nitrogens is 2. The number of imidazole rings is 1. The standard InChI is InChI=1S/C18H26N4O3/c1-5-8-22(17(24)25-18(2,3)4)11-16-20-13-7-6-12(15(23)10-19)9-14(13)21-16/h6-7,9H,5,8,10-11,19H2,1-4H3,(H,20,21). The van der Waals surface area contributed by atoms with Crippen LogP contribution in [0.1, 0.15) is 50.3 Å². The van der Waals surface area contributed by atoms with Crippen molar-refractivity contribution in [2.24, 2.45) is 5.73 Å². The van der Waals surface area contributed by atoms with Gasteiger partial charge in [-0.1, -0.05) is 6.92 Å². The summed E-state index contributed by atoms with van der Waals surface area (Å²) >= 11 is 0. The van der Waals surface area contributed by atoms with Crippen LogP contribution >= 0.6 is 0 Å². The molecule has 1 heterocycles. The van der Waals surface area contributed by atoms with Crippen molar-refractivity contribution in [2.45, 2.75) is 46.3 Å². The molecule has 0 fully saturated rings. The van der Waals surface area contributed by atoms with Crippen molar-refractivity contribution in [1.29, 1.82) is 0 Å². The molecule has 1 amide bonds. The quantitative estimate of drug-likeness (QED) is 0.783. The average molecular weight is 346 g/mol. The molecule has 2 rings (SSSR count). The molecule has 0 unspecified atom stereocenters. The number of carbonyl (C=O) groups is 2. The normalized spacial score (nSPS) is 11.6. The molecule has 0 saturated heterocycles. The molecule has 0 aliphatic carbocycles. The summed E-state index contributed by atoms with van der Waals surface area (Å²) in [6.07, 6.45) is 0.447. The lowest BCUT2D eigenvalue weighted by atomic mass is 10.1. The Labute approximate surface area is 147 Å². The van der Waals surface area contributed by atoms with E-state index in [4.69, 9.17) is 10.5 Å². The molecule has 1 aromatic heterocycles. The van der Waals surface area contributed by atoms with Gasteiger partial charge in [-0.3, -0.25) is 4.79 Å². The zero-order chi connectivity index (χ0) is 18.6. The Hall–Kier alpha value is -2.41. The summed E-state index contributed by atoms with van der Waals surface area (Å²) < 4.78 is 5.45. The van der Waals surface area contributed by atoms with Crippen molar-refractivity contribution in [2.75, 3.05) is 13.1 Å². The Kier molecular flexibility index (Phi) is 5.79. The molecule has 136 valence electrons. The molecule has 25 heavy (non-hydrogen) atoms. The summed E-state index contributed by atoms with van der Waals surface area (Å²) in [7, 11) is 0. The fourth-order valence-corrected chi connectivity index (χ4v) is 2.44. The molecule has 0 saturated carbocycles. The maximum absolute atomic E-state index is 12.4. The van der Waals surface area contributed by atoms with Gasteiger partial charge in [-0.15, -0.1) is 0 Å². The first-order valence-corrected chi connectivity index (χ1v) is 8.43. The number of hydrogen-bond acceptors (Lipinski definition) is 5. The second-order valence-electron chi connectivity index (χ2n) is 6.94. The van der Waals surface area contributed by atoms with E-state index in [2.05, 4.69) is 9.97 Å². The fraction of sp³-hybridized carbons (Fsp3) is 0.500. The van der Waals surface area contributed by atoms with Crippen LogP contribution < -0.4 is 5.73 Å². The van der Waals surface area contributed by atoms with Gasteiger partial charge in [0.25, 0.3) is 0 Å². The smallest absolute Gasteiger partial charge is 0.410 e. The van der Waals surface area contributed by atoms with Crippen LogP contribution in [0.2, 0.25) is 0 Å². The molecule has 0 aliphatic heterocycles. The highest BCUT2D eigenvalue weighted by molar-refractivity contribution is 6.00. The van der Waals surface area contributed by atoms with Crippen LogP contribution in [0.5, 0.6) is 0 Å². The zero-order valence-electron chi connectivity index (χ0n) is 15.3. The van der Waals surface area contributed by atoms with E-state index in [1.165, 1.54) is 0 Å². The van der Waals surface area contributed by atoms with E-state index < -0.39 is 5.60 Å². The number of H-pyrrole nitrogens is 1. The lowest BCUT2D eigenvalue weighted by molar-refractivity contribution is 0.0229. The van der Waals surface area contributed by atoms with Crippen molar-refractivity contribution in [1.82, 2.24) is 14.9 Å². The van der Waals surface area contributed by atoms with E-state index in [0.29, 0.717) is 24.5 Å². The van der Waals surface area contributed by atoms with Gasteiger partial charge in [0, 0.05) is 12.1 Å².